The fourth-order valence-electron chi connectivity index (χ4n) is 4.49. The van der Waals surface area contributed by atoms with Gasteiger partial charge in [-0.3, -0.25) is 14.5 Å². The van der Waals surface area contributed by atoms with E-state index in [2.05, 4.69) is 6.58 Å². The SMILES string of the molecule is C=CCOc1ccc(C2c3c(oc4ccc(F)cc4c3=O)C(=O)N2c2ccc(C)c(Cl)c2)cc1OCC. The Bertz CT molecular complexity index is 1610. The molecule has 1 amide bonds. The van der Waals surface area contributed by atoms with Crippen LogP contribution in [0.2, 0.25) is 5.02 Å². The van der Waals surface area contributed by atoms with Gasteiger partial charge in [-0.1, -0.05) is 36.4 Å². The maximum Gasteiger partial charge on any atom is 0.295 e. The lowest BCUT2D eigenvalue weighted by Crippen LogP contribution is -2.29. The molecule has 5 rings (SSSR count). The lowest BCUT2D eigenvalue weighted by molar-refractivity contribution is 0.0971. The summed E-state index contributed by atoms with van der Waals surface area (Å²) in [5, 5.41) is 0.519. The molecule has 0 N–H and O–H groups in total. The Morgan fingerprint density at radius 3 is 2.62 bits per heavy atom. The zero-order valence-corrected chi connectivity index (χ0v) is 21.0. The Labute approximate surface area is 217 Å². The van der Waals surface area contributed by atoms with Gasteiger partial charge in [0.25, 0.3) is 5.91 Å². The van der Waals surface area contributed by atoms with Crippen LogP contribution in [0.1, 0.15) is 40.2 Å². The quantitative estimate of drug-likeness (QED) is 0.257. The van der Waals surface area contributed by atoms with Crippen LogP contribution in [0.5, 0.6) is 11.5 Å². The Balaban J connectivity index is 1.77. The number of benzene rings is 3. The molecule has 2 heterocycles. The van der Waals surface area contributed by atoms with Crippen molar-refractivity contribution in [2.24, 2.45) is 0 Å². The third-order valence-electron chi connectivity index (χ3n) is 6.21. The van der Waals surface area contributed by atoms with Gasteiger partial charge in [-0.05, 0) is 67.4 Å². The molecule has 1 atom stereocenters. The zero-order valence-electron chi connectivity index (χ0n) is 20.2. The molecule has 37 heavy (non-hydrogen) atoms. The predicted molar refractivity (Wildman–Crippen MR) is 141 cm³/mol. The second kappa shape index (κ2) is 9.75. The first-order valence-electron chi connectivity index (χ1n) is 11.7. The van der Waals surface area contributed by atoms with E-state index in [1.165, 1.54) is 17.0 Å². The third-order valence-corrected chi connectivity index (χ3v) is 6.61. The number of carbonyl (C=O) groups is 1. The maximum atomic E-state index is 14.1. The molecule has 1 aromatic heterocycles. The van der Waals surface area contributed by atoms with Gasteiger partial charge in [0, 0.05) is 10.7 Å². The number of nitrogens with zero attached hydrogens (tertiary/aromatic N) is 1. The number of ether oxygens (including phenoxy) is 2. The van der Waals surface area contributed by atoms with Gasteiger partial charge < -0.3 is 13.9 Å². The molecule has 0 saturated carbocycles. The summed E-state index contributed by atoms with van der Waals surface area (Å²) in [5.41, 5.74) is 1.66. The number of carbonyl (C=O) groups excluding carboxylic acids is 1. The van der Waals surface area contributed by atoms with Crippen molar-refractivity contribution in [1.29, 1.82) is 0 Å². The number of amides is 1. The summed E-state index contributed by atoms with van der Waals surface area (Å²) >= 11 is 6.41. The fraction of sp³-hybridized carbons (Fsp3) is 0.172. The zero-order chi connectivity index (χ0) is 26.3. The number of fused-ring (bicyclic) bond motifs is 2. The van der Waals surface area contributed by atoms with E-state index < -0.39 is 23.2 Å². The third kappa shape index (κ3) is 4.25. The van der Waals surface area contributed by atoms with Crippen molar-refractivity contribution in [3.63, 3.8) is 0 Å². The first-order chi connectivity index (χ1) is 17.8. The van der Waals surface area contributed by atoms with Gasteiger partial charge in [0.15, 0.2) is 16.9 Å². The summed E-state index contributed by atoms with van der Waals surface area (Å²) < 4.78 is 31.5. The molecule has 4 aromatic rings. The first-order valence-corrected chi connectivity index (χ1v) is 12.1. The average Bonchev–Trinajstić information content (AvgIpc) is 3.18. The highest BCUT2D eigenvalue weighted by Gasteiger charge is 2.44. The molecule has 0 bridgehead atoms. The maximum absolute atomic E-state index is 14.1. The smallest absolute Gasteiger partial charge is 0.295 e. The highest BCUT2D eigenvalue weighted by atomic mass is 35.5. The second-order valence-electron chi connectivity index (χ2n) is 8.56. The minimum Gasteiger partial charge on any atom is -0.490 e. The molecule has 3 aromatic carbocycles. The molecule has 1 unspecified atom stereocenters. The van der Waals surface area contributed by atoms with Crippen LogP contribution >= 0.6 is 11.6 Å². The van der Waals surface area contributed by atoms with Crippen LogP contribution in [0.3, 0.4) is 0 Å². The van der Waals surface area contributed by atoms with Crippen molar-refractivity contribution in [2.75, 3.05) is 18.1 Å². The summed E-state index contributed by atoms with van der Waals surface area (Å²) in [5.74, 6) is -0.248. The predicted octanol–water partition coefficient (Wildman–Crippen LogP) is 6.61. The van der Waals surface area contributed by atoms with Gasteiger partial charge >= 0.3 is 0 Å². The van der Waals surface area contributed by atoms with Gasteiger partial charge in [0.05, 0.1) is 23.6 Å². The lowest BCUT2D eigenvalue weighted by Gasteiger charge is -2.26. The summed E-state index contributed by atoms with van der Waals surface area (Å²) in [6.45, 7) is 8.02. The van der Waals surface area contributed by atoms with E-state index >= 15 is 0 Å². The Morgan fingerprint density at radius 1 is 1.08 bits per heavy atom. The van der Waals surface area contributed by atoms with Crippen molar-refractivity contribution < 1.29 is 23.1 Å². The van der Waals surface area contributed by atoms with Crippen LogP contribution in [0.15, 0.2) is 76.5 Å². The van der Waals surface area contributed by atoms with Crippen LogP contribution in [0.4, 0.5) is 10.1 Å². The van der Waals surface area contributed by atoms with Crippen LogP contribution in [-0.2, 0) is 0 Å². The largest absolute Gasteiger partial charge is 0.490 e. The van der Waals surface area contributed by atoms with Crippen molar-refractivity contribution in [3.05, 3.63) is 111 Å². The van der Waals surface area contributed by atoms with Gasteiger partial charge in [-0.15, -0.1) is 0 Å². The number of hydrogen-bond donors (Lipinski definition) is 0. The molecule has 188 valence electrons. The van der Waals surface area contributed by atoms with E-state index in [1.807, 2.05) is 13.8 Å². The van der Waals surface area contributed by atoms with Gasteiger partial charge in [-0.2, -0.15) is 0 Å². The van der Waals surface area contributed by atoms with Crippen molar-refractivity contribution in [2.45, 2.75) is 19.9 Å². The first kappa shape index (κ1) is 24.6. The molecule has 8 heteroatoms. The molecule has 0 saturated heterocycles. The molecule has 0 spiro atoms. The minimum atomic E-state index is -0.877. The summed E-state index contributed by atoms with van der Waals surface area (Å²) in [4.78, 5) is 29.0. The molecular weight excluding hydrogens is 497 g/mol. The van der Waals surface area contributed by atoms with Gasteiger partial charge in [-0.25, -0.2) is 4.39 Å². The van der Waals surface area contributed by atoms with E-state index in [0.29, 0.717) is 34.4 Å². The van der Waals surface area contributed by atoms with Gasteiger partial charge in [0.2, 0.25) is 5.76 Å². The van der Waals surface area contributed by atoms with Gasteiger partial charge in [0.1, 0.15) is 18.0 Å². The monoisotopic (exact) mass is 519 g/mol. The van der Waals surface area contributed by atoms with Crippen LogP contribution in [0, 0.1) is 12.7 Å². The molecule has 0 fully saturated rings. The summed E-state index contributed by atoms with van der Waals surface area (Å²) in [6, 6.07) is 13.2. The van der Waals surface area contributed by atoms with Crippen molar-refractivity contribution in [1.82, 2.24) is 0 Å². The van der Waals surface area contributed by atoms with E-state index in [-0.39, 0.29) is 28.9 Å². The minimum absolute atomic E-state index is 0.0521. The number of hydrogen-bond acceptors (Lipinski definition) is 5. The molecule has 1 aliphatic rings. The number of halogens is 2. The molecule has 0 aliphatic carbocycles. The number of aryl methyl sites for hydroxylation is 1. The van der Waals surface area contributed by atoms with E-state index in [1.54, 1.807) is 42.5 Å². The average molecular weight is 520 g/mol. The standard InChI is InChI=1S/C29H23ClFNO5/c1-4-12-36-23-10-7-17(13-24(23)35-5-2)26-25-27(33)20-14-18(31)8-11-22(20)37-28(25)29(34)32(26)19-9-6-16(3)21(30)15-19/h4,6-11,13-15,26H,1,5,12H2,2-3H3. The molecule has 6 nitrogen and oxygen atoms in total. The van der Waals surface area contributed by atoms with E-state index in [4.69, 9.17) is 25.5 Å². The topological polar surface area (TPSA) is 69.0 Å². The van der Waals surface area contributed by atoms with E-state index in [0.717, 1.165) is 11.6 Å². The molecular formula is C29H23ClFNO5. The number of rotatable bonds is 7. The van der Waals surface area contributed by atoms with Crippen molar-refractivity contribution in [3.8, 4) is 11.5 Å². The Kier molecular flexibility index (Phi) is 6.48. The Hall–Kier alpha value is -4.10. The second-order valence-corrected chi connectivity index (χ2v) is 8.97. The molecule has 0 radical (unpaired) electrons. The summed E-state index contributed by atoms with van der Waals surface area (Å²) in [6.07, 6.45) is 1.62. The molecule has 1 aliphatic heterocycles. The Morgan fingerprint density at radius 2 is 1.89 bits per heavy atom. The van der Waals surface area contributed by atoms with Crippen LogP contribution < -0.4 is 19.8 Å². The van der Waals surface area contributed by atoms with Crippen LogP contribution in [-0.4, -0.2) is 19.1 Å². The summed E-state index contributed by atoms with van der Waals surface area (Å²) in [7, 11) is 0. The number of anilines is 1. The van der Waals surface area contributed by atoms with Crippen molar-refractivity contribution >= 4 is 34.2 Å². The fourth-order valence-corrected chi connectivity index (χ4v) is 4.66. The highest BCUT2D eigenvalue weighted by Crippen LogP contribution is 2.44. The highest BCUT2D eigenvalue weighted by molar-refractivity contribution is 6.31. The lowest BCUT2D eigenvalue weighted by atomic mass is 9.97. The normalized spacial score (nSPS) is 14.6. The van der Waals surface area contributed by atoms with Crippen LogP contribution in [0.25, 0.3) is 11.0 Å². The van der Waals surface area contributed by atoms with E-state index in [9.17, 15) is 14.0 Å².